The number of hydrogen-bond donors (Lipinski definition) is 0. The summed E-state index contributed by atoms with van der Waals surface area (Å²) in [5.74, 6) is 2.20. The first-order chi connectivity index (χ1) is 12.2. The molecule has 124 valence electrons. The molecule has 3 aromatic heterocycles. The van der Waals surface area contributed by atoms with Gasteiger partial charge >= 0.3 is 0 Å². The number of halogens is 1. The molecule has 0 saturated heterocycles. The number of aliphatic imine (C=N–C) groups is 1. The fraction of sp³-hybridized carbons (Fsp3) is 0.0526. The molecule has 0 atom stereocenters. The van der Waals surface area contributed by atoms with E-state index < -0.39 is 0 Å². The predicted molar refractivity (Wildman–Crippen MR) is 101 cm³/mol. The Balaban J connectivity index is 1.82. The largest absolute Gasteiger partial charge is 0.497 e. The minimum Gasteiger partial charge on any atom is -0.497 e. The lowest BCUT2D eigenvalue weighted by Gasteiger charge is -2.00. The van der Waals surface area contributed by atoms with Crippen molar-refractivity contribution in [1.82, 2.24) is 9.38 Å². The van der Waals surface area contributed by atoms with Gasteiger partial charge in [0.2, 0.25) is 0 Å². The van der Waals surface area contributed by atoms with Gasteiger partial charge in [0.25, 0.3) is 0 Å². The zero-order chi connectivity index (χ0) is 17.2. The van der Waals surface area contributed by atoms with Crippen LogP contribution >= 0.6 is 15.9 Å². The minimum atomic E-state index is 0.682. The molecular weight excluding hydrogens is 382 g/mol. The van der Waals surface area contributed by atoms with Gasteiger partial charge in [-0.3, -0.25) is 4.40 Å². The quantitative estimate of drug-likeness (QED) is 0.450. The van der Waals surface area contributed by atoms with Crippen LogP contribution in [0.4, 0.5) is 5.82 Å². The summed E-state index contributed by atoms with van der Waals surface area (Å²) in [6.45, 7) is 0. The SMILES string of the molecule is COc1ccc(C=Nc2c(-c3ccco3)nc3ccc(Br)cn23)cc1. The highest BCUT2D eigenvalue weighted by Crippen LogP contribution is 2.32. The monoisotopic (exact) mass is 395 g/mol. The molecule has 0 amide bonds. The third-order valence-electron chi connectivity index (χ3n) is 3.76. The van der Waals surface area contributed by atoms with Gasteiger partial charge in [-0.2, -0.15) is 0 Å². The highest BCUT2D eigenvalue weighted by Gasteiger charge is 2.15. The topological polar surface area (TPSA) is 52.0 Å². The average Bonchev–Trinajstić information content (AvgIpc) is 3.28. The van der Waals surface area contributed by atoms with Gasteiger partial charge in [-0.05, 0) is 70.0 Å². The number of nitrogens with zero attached hydrogens (tertiary/aromatic N) is 3. The van der Waals surface area contributed by atoms with E-state index in [-0.39, 0.29) is 0 Å². The molecule has 6 heteroatoms. The molecule has 5 nitrogen and oxygen atoms in total. The molecular formula is C19H14BrN3O2. The number of aromatic nitrogens is 2. The molecule has 0 radical (unpaired) electrons. The summed E-state index contributed by atoms with van der Waals surface area (Å²) in [6, 6.07) is 15.3. The lowest BCUT2D eigenvalue weighted by Crippen LogP contribution is -1.86. The number of imidazole rings is 1. The Labute approximate surface area is 152 Å². The van der Waals surface area contributed by atoms with E-state index in [0.29, 0.717) is 17.3 Å². The smallest absolute Gasteiger partial charge is 0.168 e. The summed E-state index contributed by atoms with van der Waals surface area (Å²) < 4.78 is 13.6. The van der Waals surface area contributed by atoms with E-state index >= 15 is 0 Å². The molecule has 0 aliphatic rings. The van der Waals surface area contributed by atoms with Crippen LogP contribution in [-0.2, 0) is 0 Å². The van der Waals surface area contributed by atoms with Crippen LogP contribution in [0.25, 0.3) is 17.1 Å². The van der Waals surface area contributed by atoms with Crippen molar-refractivity contribution >= 4 is 33.6 Å². The van der Waals surface area contributed by atoms with Crippen molar-refractivity contribution in [2.75, 3.05) is 7.11 Å². The first kappa shape index (κ1) is 15.7. The second kappa shape index (κ2) is 6.57. The van der Waals surface area contributed by atoms with E-state index in [2.05, 4.69) is 25.9 Å². The van der Waals surface area contributed by atoms with Crippen molar-refractivity contribution in [2.24, 2.45) is 4.99 Å². The van der Waals surface area contributed by atoms with Crippen molar-refractivity contribution in [3.63, 3.8) is 0 Å². The molecule has 0 aliphatic heterocycles. The van der Waals surface area contributed by atoms with Crippen molar-refractivity contribution < 1.29 is 9.15 Å². The van der Waals surface area contributed by atoms with E-state index in [1.807, 2.05) is 59.1 Å². The molecule has 4 aromatic rings. The fourth-order valence-corrected chi connectivity index (χ4v) is 2.87. The minimum absolute atomic E-state index is 0.682. The van der Waals surface area contributed by atoms with Gasteiger partial charge in [-0.25, -0.2) is 9.98 Å². The van der Waals surface area contributed by atoms with Crippen LogP contribution in [0.15, 0.2) is 74.9 Å². The average molecular weight is 396 g/mol. The summed E-state index contributed by atoms with van der Waals surface area (Å²) in [5, 5.41) is 0. The Kier molecular flexibility index (Phi) is 4.11. The molecule has 0 fully saturated rings. The van der Waals surface area contributed by atoms with Gasteiger partial charge < -0.3 is 9.15 Å². The molecule has 0 saturated carbocycles. The molecule has 1 aromatic carbocycles. The first-order valence-electron chi connectivity index (χ1n) is 7.64. The Morgan fingerprint density at radius 2 is 2.00 bits per heavy atom. The number of rotatable bonds is 4. The Bertz CT molecular complexity index is 1030. The molecule has 0 unspecified atom stereocenters. The van der Waals surface area contributed by atoms with Gasteiger partial charge in [0.05, 0.1) is 13.4 Å². The van der Waals surface area contributed by atoms with Crippen molar-refractivity contribution in [3.05, 3.63) is 71.0 Å². The van der Waals surface area contributed by atoms with E-state index in [0.717, 1.165) is 21.4 Å². The zero-order valence-electron chi connectivity index (χ0n) is 13.4. The van der Waals surface area contributed by atoms with Gasteiger partial charge in [0.1, 0.15) is 11.4 Å². The fourth-order valence-electron chi connectivity index (χ4n) is 2.53. The molecule has 0 N–H and O–H groups in total. The van der Waals surface area contributed by atoms with Crippen LogP contribution in [0.5, 0.6) is 5.75 Å². The number of pyridine rings is 1. The molecule has 0 bridgehead atoms. The van der Waals surface area contributed by atoms with Crippen molar-refractivity contribution in [1.29, 1.82) is 0 Å². The van der Waals surface area contributed by atoms with E-state index in [4.69, 9.17) is 9.15 Å². The summed E-state index contributed by atoms with van der Waals surface area (Å²) in [7, 11) is 1.65. The highest BCUT2D eigenvalue weighted by atomic mass is 79.9. The van der Waals surface area contributed by atoms with E-state index in [1.165, 1.54) is 0 Å². The lowest BCUT2D eigenvalue weighted by molar-refractivity contribution is 0.415. The number of ether oxygens (including phenoxy) is 1. The lowest BCUT2D eigenvalue weighted by atomic mass is 10.2. The maximum absolute atomic E-state index is 5.52. The number of methoxy groups -OCH3 is 1. The van der Waals surface area contributed by atoms with Crippen LogP contribution < -0.4 is 4.74 Å². The van der Waals surface area contributed by atoms with Crippen molar-refractivity contribution in [2.45, 2.75) is 0 Å². The number of fused-ring (bicyclic) bond motifs is 1. The maximum atomic E-state index is 5.52. The number of hydrogen-bond acceptors (Lipinski definition) is 4. The van der Waals surface area contributed by atoms with E-state index in [1.54, 1.807) is 19.6 Å². The zero-order valence-corrected chi connectivity index (χ0v) is 15.0. The highest BCUT2D eigenvalue weighted by molar-refractivity contribution is 9.10. The second-order valence-electron chi connectivity index (χ2n) is 5.37. The van der Waals surface area contributed by atoms with Gasteiger partial charge in [-0.15, -0.1) is 0 Å². The van der Waals surface area contributed by atoms with Gasteiger partial charge in [-0.1, -0.05) is 0 Å². The van der Waals surface area contributed by atoms with Gasteiger partial charge in [0.15, 0.2) is 17.3 Å². The van der Waals surface area contributed by atoms with Gasteiger partial charge in [0, 0.05) is 16.9 Å². The number of furan rings is 1. The van der Waals surface area contributed by atoms with Crippen LogP contribution in [-0.4, -0.2) is 22.7 Å². The van der Waals surface area contributed by atoms with Crippen LogP contribution in [0, 0.1) is 0 Å². The predicted octanol–water partition coefficient (Wildman–Crippen LogP) is 5.12. The second-order valence-corrected chi connectivity index (χ2v) is 6.28. The molecule has 3 heterocycles. The normalized spacial score (nSPS) is 11.4. The van der Waals surface area contributed by atoms with E-state index in [9.17, 15) is 0 Å². The first-order valence-corrected chi connectivity index (χ1v) is 8.43. The third kappa shape index (κ3) is 3.08. The summed E-state index contributed by atoms with van der Waals surface area (Å²) in [6.07, 6.45) is 5.37. The summed E-state index contributed by atoms with van der Waals surface area (Å²) in [5.41, 5.74) is 2.47. The number of benzene rings is 1. The van der Waals surface area contributed by atoms with Crippen LogP contribution in [0.1, 0.15) is 5.56 Å². The Hall–Kier alpha value is -2.86. The molecule has 0 spiro atoms. The Morgan fingerprint density at radius 1 is 1.16 bits per heavy atom. The third-order valence-corrected chi connectivity index (χ3v) is 4.23. The maximum Gasteiger partial charge on any atom is 0.168 e. The molecule has 0 aliphatic carbocycles. The van der Waals surface area contributed by atoms with Crippen molar-refractivity contribution in [3.8, 4) is 17.2 Å². The standard InChI is InChI=1S/C19H14BrN3O2/c1-24-15-7-4-13(5-8-15)11-21-19-18(16-3-2-10-25-16)22-17-9-6-14(20)12-23(17)19/h2-12H,1H3. The Morgan fingerprint density at radius 3 is 2.72 bits per heavy atom. The molecule has 4 rings (SSSR count). The van der Waals surface area contributed by atoms with Crippen LogP contribution in [0.2, 0.25) is 0 Å². The molecule has 25 heavy (non-hydrogen) atoms. The van der Waals surface area contributed by atoms with Crippen LogP contribution in [0.3, 0.4) is 0 Å². The summed E-state index contributed by atoms with van der Waals surface area (Å²) >= 11 is 3.50. The summed E-state index contributed by atoms with van der Waals surface area (Å²) in [4.78, 5) is 9.32.